The van der Waals surface area contributed by atoms with E-state index in [2.05, 4.69) is 14.9 Å². The normalized spacial score (nSPS) is 14.8. The molecule has 0 radical (unpaired) electrons. The summed E-state index contributed by atoms with van der Waals surface area (Å²) in [5.74, 6) is 2.87. The van der Waals surface area contributed by atoms with Crippen molar-refractivity contribution in [2.24, 2.45) is 0 Å². The average Bonchev–Trinajstić information content (AvgIpc) is 2.93. The molecule has 0 unspecified atom stereocenters. The van der Waals surface area contributed by atoms with Crippen molar-refractivity contribution in [1.29, 1.82) is 0 Å². The molecule has 1 aliphatic rings. The minimum Gasteiger partial charge on any atom is -0.478 e. The third-order valence-corrected chi connectivity index (χ3v) is 4.08. The maximum absolute atomic E-state index is 12.6. The van der Waals surface area contributed by atoms with E-state index in [-0.39, 0.29) is 5.91 Å². The van der Waals surface area contributed by atoms with Gasteiger partial charge in [-0.15, -0.1) is 0 Å². The molecule has 3 heterocycles. The first-order valence-corrected chi connectivity index (χ1v) is 8.14. The number of ether oxygens (including phenoxy) is 1. The summed E-state index contributed by atoms with van der Waals surface area (Å²) in [5, 5.41) is 0. The van der Waals surface area contributed by atoms with Crippen molar-refractivity contribution in [1.82, 2.24) is 14.9 Å². The van der Waals surface area contributed by atoms with Crippen molar-refractivity contribution in [3.05, 3.63) is 35.5 Å². The number of hydrogen-bond acceptors (Lipinski definition) is 6. The van der Waals surface area contributed by atoms with E-state index in [1.165, 1.54) is 6.33 Å². The molecule has 7 nitrogen and oxygen atoms in total. The monoisotopic (exact) mass is 330 g/mol. The average molecular weight is 330 g/mol. The highest BCUT2D eigenvalue weighted by Crippen LogP contribution is 2.20. The lowest BCUT2D eigenvalue weighted by atomic mass is 10.2. The molecule has 0 bridgehead atoms. The standard InChI is InChI=1S/C17H22N4O3/c1-4-23-16-10-15(18-11-19-16)20-5-7-21(8-6-20)17(22)14-9-12(2)24-13(14)3/h9-11H,4-8H2,1-3H3. The van der Waals surface area contributed by atoms with E-state index in [0.29, 0.717) is 36.9 Å². The van der Waals surface area contributed by atoms with Crippen LogP contribution in [-0.2, 0) is 0 Å². The Morgan fingerprint density at radius 3 is 2.58 bits per heavy atom. The molecule has 24 heavy (non-hydrogen) atoms. The van der Waals surface area contributed by atoms with E-state index in [9.17, 15) is 4.79 Å². The quantitative estimate of drug-likeness (QED) is 0.854. The summed E-state index contributed by atoms with van der Waals surface area (Å²) in [6.07, 6.45) is 1.51. The van der Waals surface area contributed by atoms with Crippen molar-refractivity contribution >= 4 is 11.7 Å². The van der Waals surface area contributed by atoms with Crippen molar-refractivity contribution < 1.29 is 13.9 Å². The van der Waals surface area contributed by atoms with Crippen LogP contribution in [0.4, 0.5) is 5.82 Å². The lowest BCUT2D eigenvalue weighted by Gasteiger charge is -2.35. The van der Waals surface area contributed by atoms with Gasteiger partial charge in [-0.25, -0.2) is 9.97 Å². The largest absolute Gasteiger partial charge is 0.478 e. The van der Waals surface area contributed by atoms with Crippen LogP contribution < -0.4 is 9.64 Å². The van der Waals surface area contributed by atoms with Gasteiger partial charge >= 0.3 is 0 Å². The number of furan rings is 1. The Morgan fingerprint density at radius 1 is 1.21 bits per heavy atom. The molecule has 0 atom stereocenters. The third kappa shape index (κ3) is 3.34. The number of carbonyl (C=O) groups excluding carboxylic acids is 1. The lowest BCUT2D eigenvalue weighted by Crippen LogP contribution is -2.49. The number of piperazine rings is 1. The first-order valence-electron chi connectivity index (χ1n) is 8.14. The summed E-state index contributed by atoms with van der Waals surface area (Å²) >= 11 is 0. The minimum atomic E-state index is 0.0293. The van der Waals surface area contributed by atoms with Gasteiger partial charge in [0, 0.05) is 32.2 Å². The minimum absolute atomic E-state index is 0.0293. The van der Waals surface area contributed by atoms with Gasteiger partial charge in [0.15, 0.2) is 0 Å². The number of aromatic nitrogens is 2. The smallest absolute Gasteiger partial charge is 0.257 e. The number of nitrogens with zero attached hydrogens (tertiary/aromatic N) is 4. The molecule has 128 valence electrons. The van der Waals surface area contributed by atoms with E-state index in [4.69, 9.17) is 9.15 Å². The summed E-state index contributed by atoms with van der Waals surface area (Å²) in [6.45, 7) is 8.93. The number of hydrogen-bond donors (Lipinski definition) is 0. The maximum Gasteiger partial charge on any atom is 0.257 e. The second-order valence-electron chi connectivity index (χ2n) is 5.75. The first kappa shape index (κ1) is 16.3. The summed E-state index contributed by atoms with van der Waals surface area (Å²) in [4.78, 5) is 25.0. The van der Waals surface area contributed by atoms with Gasteiger partial charge in [0.05, 0.1) is 12.2 Å². The van der Waals surface area contributed by atoms with Crippen LogP contribution in [0.1, 0.15) is 28.8 Å². The summed E-state index contributed by atoms with van der Waals surface area (Å²) < 4.78 is 10.9. The van der Waals surface area contributed by atoms with Crippen molar-refractivity contribution in [2.45, 2.75) is 20.8 Å². The molecule has 0 aromatic carbocycles. The Labute approximate surface area is 141 Å². The summed E-state index contributed by atoms with van der Waals surface area (Å²) in [5.41, 5.74) is 0.654. The summed E-state index contributed by atoms with van der Waals surface area (Å²) in [6, 6.07) is 3.65. The Hall–Kier alpha value is -2.57. The predicted octanol–water partition coefficient (Wildman–Crippen LogP) is 2.05. The molecule has 1 aliphatic heterocycles. The van der Waals surface area contributed by atoms with Gasteiger partial charge in [0.1, 0.15) is 23.7 Å². The van der Waals surface area contributed by atoms with Crippen LogP contribution in [0.15, 0.2) is 22.9 Å². The number of amides is 1. The number of aryl methyl sites for hydroxylation is 2. The Kier molecular flexibility index (Phi) is 4.69. The van der Waals surface area contributed by atoms with E-state index in [1.807, 2.05) is 37.8 Å². The molecule has 0 aliphatic carbocycles. The Balaban J connectivity index is 1.64. The van der Waals surface area contributed by atoms with Crippen molar-refractivity contribution in [3.63, 3.8) is 0 Å². The molecule has 1 fully saturated rings. The van der Waals surface area contributed by atoms with E-state index in [1.54, 1.807) is 0 Å². The molecular formula is C17H22N4O3. The van der Waals surface area contributed by atoms with Crippen LogP contribution in [0, 0.1) is 13.8 Å². The van der Waals surface area contributed by atoms with Gasteiger partial charge in [-0.2, -0.15) is 0 Å². The second kappa shape index (κ2) is 6.90. The topological polar surface area (TPSA) is 71.7 Å². The van der Waals surface area contributed by atoms with Crippen LogP contribution in [0.5, 0.6) is 5.88 Å². The fourth-order valence-electron chi connectivity index (χ4n) is 2.88. The van der Waals surface area contributed by atoms with Gasteiger partial charge in [0.2, 0.25) is 5.88 Å². The molecule has 2 aromatic rings. The first-order chi connectivity index (χ1) is 11.6. The van der Waals surface area contributed by atoms with Crippen molar-refractivity contribution in [3.8, 4) is 5.88 Å². The van der Waals surface area contributed by atoms with Crippen LogP contribution >= 0.6 is 0 Å². The molecule has 0 N–H and O–H groups in total. The fraction of sp³-hybridized carbons (Fsp3) is 0.471. The summed E-state index contributed by atoms with van der Waals surface area (Å²) in [7, 11) is 0. The molecule has 1 amide bonds. The third-order valence-electron chi connectivity index (χ3n) is 4.08. The SMILES string of the molecule is CCOc1cc(N2CCN(C(=O)c3cc(C)oc3C)CC2)ncn1. The molecule has 2 aromatic heterocycles. The Morgan fingerprint density at radius 2 is 1.96 bits per heavy atom. The number of anilines is 1. The molecule has 0 spiro atoms. The number of rotatable bonds is 4. The zero-order valence-corrected chi connectivity index (χ0v) is 14.3. The van der Waals surface area contributed by atoms with Gasteiger partial charge in [-0.05, 0) is 26.8 Å². The molecule has 7 heteroatoms. The maximum atomic E-state index is 12.6. The predicted molar refractivity (Wildman–Crippen MR) is 89.5 cm³/mol. The van der Waals surface area contributed by atoms with Crippen LogP contribution in [0.2, 0.25) is 0 Å². The van der Waals surface area contributed by atoms with Gasteiger partial charge < -0.3 is 19.0 Å². The molecule has 0 saturated carbocycles. The fourth-order valence-corrected chi connectivity index (χ4v) is 2.88. The zero-order valence-electron chi connectivity index (χ0n) is 14.3. The van der Waals surface area contributed by atoms with E-state index in [0.717, 1.165) is 24.7 Å². The zero-order chi connectivity index (χ0) is 17.1. The lowest BCUT2D eigenvalue weighted by molar-refractivity contribution is 0.0744. The second-order valence-corrected chi connectivity index (χ2v) is 5.75. The highest BCUT2D eigenvalue weighted by atomic mass is 16.5. The van der Waals surface area contributed by atoms with Gasteiger partial charge in [-0.1, -0.05) is 0 Å². The van der Waals surface area contributed by atoms with Gasteiger partial charge in [0.25, 0.3) is 5.91 Å². The molecule has 3 rings (SSSR count). The molecule has 1 saturated heterocycles. The van der Waals surface area contributed by atoms with Crippen molar-refractivity contribution in [2.75, 3.05) is 37.7 Å². The van der Waals surface area contributed by atoms with Gasteiger partial charge in [-0.3, -0.25) is 4.79 Å². The highest BCUT2D eigenvalue weighted by Gasteiger charge is 2.25. The van der Waals surface area contributed by atoms with E-state index < -0.39 is 0 Å². The van der Waals surface area contributed by atoms with Crippen LogP contribution in [0.3, 0.4) is 0 Å². The van der Waals surface area contributed by atoms with E-state index >= 15 is 0 Å². The van der Waals surface area contributed by atoms with Crippen LogP contribution in [0.25, 0.3) is 0 Å². The molecular weight excluding hydrogens is 308 g/mol. The Bertz CT molecular complexity index is 720. The van der Waals surface area contributed by atoms with Crippen LogP contribution in [-0.4, -0.2) is 53.6 Å². The highest BCUT2D eigenvalue weighted by molar-refractivity contribution is 5.95. The number of carbonyl (C=O) groups is 1.